The predicted molar refractivity (Wildman–Crippen MR) is 149 cm³/mol. The van der Waals surface area contributed by atoms with Crippen molar-refractivity contribution in [3.8, 4) is 11.1 Å². The van der Waals surface area contributed by atoms with Crippen LogP contribution in [0.5, 0.6) is 0 Å². The van der Waals surface area contributed by atoms with Crippen molar-refractivity contribution in [1.82, 2.24) is 14.9 Å². The van der Waals surface area contributed by atoms with Gasteiger partial charge in [0.25, 0.3) is 11.5 Å². The average molecular weight is 516 g/mol. The van der Waals surface area contributed by atoms with Gasteiger partial charge >= 0.3 is 0 Å². The van der Waals surface area contributed by atoms with Gasteiger partial charge in [0, 0.05) is 41.0 Å². The highest BCUT2D eigenvalue weighted by molar-refractivity contribution is 6.06. The lowest BCUT2D eigenvalue weighted by molar-refractivity contribution is 0.0949. The van der Waals surface area contributed by atoms with E-state index in [4.69, 9.17) is 0 Å². The first-order chi connectivity index (χ1) is 18.0. The van der Waals surface area contributed by atoms with Crippen molar-refractivity contribution in [3.05, 3.63) is 92.3 Å². The summed E-state index contributed by atoms with van der Waals surface area (Å²) in [5, 5.41) is 3.84. The highest BCUT2D eigenvalue weighted by atomic mass is 19.1. The number of amides is 1. The van der Waals surface area contributed by atoms with Crippen molar-refractivity contribution in [1.29, 1.82) is 0 Å². The van der Waals surface area contributed by atoms with E-state index < -0.39 is 5.82 Å². The summed E-state index contributed by atoms with van der Waals surface area (Å²) in [6, 6.07) is 10.4. The quantitative estimate of drug-likeness (QED) is 0.266. The number of halogens is 1. The second-order valence-corrected chi connectivity index (χ2v) is 10.1. The van der Waals surface area contributed by atoms with Crippen LogP contribution in [0.15, 0.2) is 47.4 Å². The number of carbonyl (C=O) groups is 2. The summed E-state index contributed by atoms with van der Waals surface area (Å²) in [4.78, 5) is 40.9. The predicted octanol–water partition coefficient (Wildman–Crippen LogP) is 6.42. The lowest BCUT2D eigenvalue weighted by Gasteiger charge is -2.17. The molecule has 4 rings (SSSR count). The molecule has 0 saturated heterocycles. The van der Waals surface area contributed by atoms with Crippen LogP contribution in [-0.2, 0) is 13.0 Å². The van der Waals surface area contributed by atoms with Gasteiger partial charge in [-0.2, -0.15) is 0 Å². The third-order valence-electron chi connectivity index (χ3n) is 7.02. The van der Waals surface area contributed by atoms with Gasteiger partial charge in [-0.25, -0.2) is 4.39 Å². The first-order valence-corrected chi connectivity index (χ1v) is 13.0. The highest BCUT2D eigenvalue weighted by Gasteiger charge is 2.21. The Bertz CT molecular complexity index is 1610. The summed E-state index contributed by atoms with van der Waals surface area (Å²) < 4.78 is 16.9. The fourth-order valence-corrected chi connectivity index (χ4v) is 5.13. The summed E-state index contributed by atoms with van der Waals surface area (Å²) in [5.41, 5.74) is 5.51. The van der Waals surface area contributed by atoms with Crippen LogP contribution in [0.25, 0.3) is 22.0 Å². The van der Waals surface area contributed by atoms with Crippen LogP contribution in [0.3, 0.4) is 0 Å². The number of aromatic nitrogens is 2. The van der Waals surface area contributed by atoms with Gasteiger partial charge in [0.05, 0.1) is 11.1 Å². The fraction of sp³-hybridized carbons (Fsp3) is 0.323. The van der Waals surface area contributed by atoms with Crippen LogP contribution < -0.4 is 10.9 Å². The molecule has 6 nitrogen and oxygen atoms in total. The average Bonchev–Trinajstić information content (AvgIpc) is 3.29. The van der Waals surface area contributed by atoms with E-state index >= 15 is 0 Å². The molecule has 4 aromatic rings. The summed E-state index contributed by atoms with van der Waals surface area (Å²) >= 11 is 0. The number of hydrogen-bond donors (Lipinski definition) is 2. The molecule has 2 N–H and O–H groups in total. The highest BCUT2D eigenvalue weighted by Crippen LogP contribution is 2.36. The van der Waals surface area contributed by atoms with Gasteiger partial charge in [-0.15, -0.1) is 0 Å². The smallest absolute Gasteiger partial charge is 0.253 e. The van der Waals surface area contributed by atoms with E-state index in [9.17, 15) is 18.8 Å². The van der Waals surface area contributed by atoms with E-state index in [1.54, 1.807) is 12.1 Å². The molecule has 1 amide bonds. The van der Waals surface area contributed by atoms with Crippen LogP contribution >= 0.6 is 0 Å². The summed E-state index contributed by atoms with van der Waals surface area (Å²) in [6.45, 7) is 11.4. The van der Waals surface area contributed by atoms with Crippen molar-refractivity contribution < 1.29 is 14.0 Å². The first kappa shape index (κ1) is 27.0. The Labute approximate surface area is 221 Å². The van der Waals surface area contributed by atoms with Crippen LogP contribution in [-0.4, -0.2) is 21.2 Å². The minimum atomic E-state index is -0.597. The molecule has 0 unspecified atom stereocenters. The Hall–Kier alpha value is -4.00. The van der Waals surface area contributed by atoms with Crippen LogP contribution in [0.2, 0.25) is 0 Å². The van der Waals surface area contributed by atoms with E-state index in [-0.39, 0.29) is 35.4 Å². The maximum atomic E-state index is 14.8. The second kappa shape index (κ2) is 10.8. The number of aromatic amines is 1. The lowest BCUT2D eigenvalue weighted by atomic mass is 9.93. The number of Topliss-reactive ketones (excluding diaryl/α,β-unsaturated/α-hetero) is 1. The first-order valence-electron chi connectivity index (χ1n) is 13.0. The van der Waals surface area contributed by atoms with E-state index in [1.165, 1.54) is 19.1 Å². The molecule has 198 valence electrons. The molecule has 0 aliphatic carbocycles. The topological polar surface area (TPSA) is 84.0 Å². The SMILES string of the molecule is CCCc1cc(C)[nH]c(=O)c1CNC(=O)c1cc(-c2ccc(C(C)=O)c(F)c2)c2ccn(C(C)C)c2c1C. The minimum absolute atomic E-state index is 0.0287. The Morgan fingerprint density at radius 3 is 2.45 bits per heavy atom. The maximum Gasteiger partial charge on any atom is 0.253 e. The molecular weight excluding hydrogens is 481 g/mol. The zero-order valence-corrected chi connectivity index (χ0v) is 22.8. The van der Waals surface area contributed by atoms with Gasteiger partial charge in [-0.05, 0) is 93.6 Å². The Morgan fingerprint density at radius 1 is 1.08 bits per heavy atom. The second-order valence-electron chi connectivity index (χ2n) is 10.1. The maximum absolute atomic E-state index is 14.8. The molecule has 0 bridgehead atoms. The molecule has 0 radical (unpaired) electrons. The van der Waals surface area contributed by atoms with Crippen molar-refractivity contribution in [2.24, 2.45) is 0 Å². The van der Waals surface area contributed by atoms with Gasteiger partial charge in [-0.1, -0.05) is 19.4 Å². The van der Waals surface area contributed by atoms with Gasteiger partial charge in [0.2, 0.25) is 0 Å². The Kier molecular flexibility index (Phi) is 7.67. The number of ketones is 1. The number of carbonyl (C=O) groups excluding carboxylic acids is 2. The molecule has 0 atom stereocenters. The number of hydrogen-bond acceptors (Lipinski definition) is 3. The monoisotopic (exact) mass is 515 g/mol. The number of aryl methyl sites for hydroxylation is 3. The van der Waals surface area contributed by atoms with Gasteiger partial charge in [0.1, 0.15) is 5.82 Å². The van der Waals surface area contributed by atoms with Crippen molar-refractivity contribution in [2.45, 2.75) is 67.0 Å². The fourth-order valence-electron chi connectivity index (χ4n) is 5.13. The van der Waals surface area contributed by atoms with Crippen molar-refractivity contribution in [3.63, 3.8) is 0 Å². The lowest BCUT2D eigenvalue weighted by Crippen LogP contribution is -2.29. The zero-order valence-electron chi connectivity index (χ0n) is 22.8. The molecule has 0 spiro atoms. The van der Waals surface area contributed by atoms with E-state index in [0.29, 0.717) is 22.3 Å². The number of fused-ring (bicyclic) bond motifs is 1. The summed E-state index contributed by atoms with van der Waals surface area (Å²) in [5.74, 6) is -1.26. The van der Waals surface area contributed by atoms with Gasteiger partial charge < -0.3 is 14.9 Å². The molecule has 7 heteroatoms. The van der Waals surface area contributed by atoms with Crippen molar-refractivity contribution in [2.75, 3.05) is 0 Å². The molecule has 2 aromatic heterocycles. The van der Waals surface area contributed by atoms with E-state index in [2.05, 4.69) is 35.6 Å². The molecule has 2 heterocycles. The number of nitrogens with zero attached hydrogens (tertiary/aromatic N) is 1. The molecule has 0 aliphatic heterocycles. The zero-order chi connectivity index (χ0) is 27.7. The molecule has 2 aromatic carbocycles. The van der Waals surface area contributed by atoms with E-state index in [1.807, 2.05) is 32.2 Å². The standard InChI is InChI=1S/C31H34FN3O3/c1-7-8-21-13-18(4)34-31(38)27(21)16-33-30(37)25-15-26(22-9-10-23(20(6)36)28(32)14-22)24-11-12-35(17(2)3)29(24)19(25)5/h9-15,17H,7-8,16H2,1-6H3,(H,33,37)(H,34,38). The Morgan fingerprint density at radius 2 is 1.82 bits per heavy atom. The molecule has 0 aliphatic rings. The number of pyridine rings is 1. The van der Waals surface area contributed by atoms with E-state index in [0.717, 1.165) is 40.6 Å². The number of H-pyrrole nitrogens is 1. The number of benzene rings is 2. The molecule has 0 fully saturated rings. The molecular formula is C31H34FN3O3. The third-order valence-corrected chi connectivity index (χ3v) is 7.02. The number of rotatable bonds is 8. The Balaban J connectivity index is 1.82. The van der Waals surface area contributed by atoms with Crippen LogP contribution in [0.1, 0.15) is 83.3 Å². The van der Waals surface area contributed by atoms with Crippen LogP contribution in [0.4, 0.5) is 4.39 Å². The van der Waals surface area contributed by atoms with Crippen molar-refractivity contribution >= 4 is 22.6 Å². The van der Waals surface area contributed by atoms with Gasteiger partial charge in [-0.3, -0.25) is 14.4 Å². The minimum Gasteiger partial charge on any atom is -0.348 e. The van der Waals surface area contributed by atoms with Gasteiger partial charge in [0.15, 0.2) is 5.78 Å². The molecule has 38 heavy (non-hydrogen) atoms. The normalized spacial score (nSPS) is 11.4. The third kappa shape index (κ3) is 5.05. The summed E-state index contributed by atoms with van der Waals surface area (Å²) in [7, 11) is 0. The number of nitrogens with one attached hydrogen (secondary N) is 2. The van der Waals surface area contributed by atoms with Crippen LogP contribution in [0, 0.1) is 19.7 Å². The molecule has 0 saturated carbocycles. The largest absolute Gasteiger partial charge is 0.348 e. The summed E-state index contributed by atoms with van der Waals surface area (Å²) in [6.07, 6.45) is 3.60.